The number of esters is 3. The van der Waals surface area contributed by atoms with Crippen LogP contribution in [-0.4, -0.2) is 37.2 Å². The second-order valence-electron chi connectivity index (χ2n) is 23.5. The van der Waals surface area contributed by atoms with Gasteiger partial charge < -0.3 is 14.2 Å². The van der Waals surface area contributed by atoms with Gasteiger partial charge in [0.25, 0.3) is 0 Å². The van der Waals surface area contributed by atoms with Gasteiger partial charge in [-0.2, -0.15) is 0 Å². The molecule has 0 aromatic heterocycles. The Labute approximate surface area is 474 Å². The van der Waals surface area contributed by atoms with Crippen molar-refractivity contribution in [2.45, 2.75) is 393 Å². The zero-order chi connectivity index (χ0) is 55.0. The lowest BCUT2D eigenvalue weighted by Gasteiger charge is -2.18. The second-order valence-corrected chi connectivity index (χ2v) is 23.5. The molecule has 0 bridgehead atoms. The van der Waals surface area contributed by atoms with Crippen LogP contribution in [0.3, 0.4) is 0 Å². The molecular formula is C70H132O6. The van der Waals surface area contributed by atoms with Crippen molar-refractivity contribution in [3.8, 4) is 0 Å². The number of carbonyl (C=O) groups is 3. The number of allylic oxidation sites excluding steroid dienone is 4. The zero-order valence-electron chi connectivity index (χ0n) is 51.6. The fourth-order valence-corrected chi connectivity index (χ4v) is 10.5. The molecule has 0 aromatic carbocycles. The van der Waals surface area contributed by atoms with E-state index in [4.69, 9.17) is 14.2 Å². The number of ether oxygens (including phenoxy) is 3. The van der Waals surface area contributed by atoms with Crippen LogP contribution in [0.1, 0.15) is 387 Å². The fraction of sp³-hybridized carbons (Fsp3) is 0.900. The maximum Gasteiger partial charge on any atom is 0.306 e. The summed E-state index contributed by atoms with van der Waals surface area (Å²) in [6.45, 7) is 6.69. The smallest absolute Gasteiger partial charge is 0.306 e. The summed E-state index contributed by atoms with van der Waals surface area (Å²) in [5, 5.41) is 0. The maximum atomic E-state index is 12.9. The standard InChI is InChI=1S/C70H132O6/c1-4-7-10-13-16-19-22-25-27-29-31-32-33-34-35-36-37-38-39-40-42-43-45-48-51-54-57-60-63-69(72)75-66-67(65-74-68(71)62-59-56-53-50-47-24-21-18-15-12-9-6-3)76-70(73)64-61-58-55-52-49-46-44-41-30-28-26-23-20-17-14-11-8-5-2/h20,23,28,30,67H,4-19,21-22,24-27,29,31-66H2,1-3H3/b23-20-,30-28-. The summed E-state index contributed by atoms with van der Waals surface area (Å²) in [5.41, 5.74) is 0. The quantitative estimate of drug-likeness (QED) is 0.0261. The van der Waals surface area contributed by atoms with Crippen LogP contribution in [-0.2, 0) is 28.6 Å². The van der Waals surface area contributed by atoms with Crippen molar-refractivity contribution in [3.63, 3.8) is 0 Å². The largest absolute Gasteiger partial charge is 0.462 e. The van der Waals surface area contributed by atoms with E-state index in [9.17, 15) is 14.4 Å². The van der Waals surface area contributed by atoms with Gasteiger partial charge in [0, 0.05) is 19.3 Å². The predicted molar refractivity (Wildman–Crippen MR) is 330 cm³/mol. The van der Waals surface area contributed by atoms with E-state index in [2.05, 4.69) is 45.1 Å². The van der Waals surface area contributed by atoms with Gasteiger partial charge in [0.2, 0.25) is 0 Å². The van der Waals surface area contributed by atoms with Crippen molar-refractivity contribution in [2.75, 3.05) is 13.2 Å². The first kappa shape index (κ1) is 73.9. The minimum atomic E-state index is -0.772. The highest BCUT2D eigenvalue weighted by molar-refractivity contribution is 5.71. The maximum absolute atomic E-state index is 12.9. The number of hydrogen-bond acceptors (Lipinski definition) is 6. The second kappa shape index (κ2) is 65.4. The van der Waals surface area contributed by atoms with E-state index in [0.717, 1.165) is 70.6 Å². The highest BCUT2D eigenvalue weighted by Gasteiger charge is 2.19. The lowest BCUT2D eigenvalue weighted by Crippen LogP contribution is -2.30. The summed E-state index contributed by atoms with van der Waals surface area (Å²) >= 11 is 0. The molecule has 0 heterocycles. The monoisotopic (exact) mass is 1070 g/mol. The summed E-state index contributed by atoms with van der Waals surface area (Å²) in [6, 6.07) is 0. The highest BCUT2D eigenvalue weighted by Crippen LogP contribution is 2.19. The van der Waals surface area contributed by atoms with Crippen molar-refractivity contribution >= 4 is 17.9 Å². The van der Waals surface area contributed by atoms with Crippen LogP contribution in [0.15, 0.2) is 24.3 Å². The minimum absolute atomic E-state index is 0.0684. The summed E-state index contributed by atoms with van der Waals surface area (Å²) in [6.07, 6.45) is 79.2. The Bertz CT molecular complexity index is 1230. The third-order valence-corrected chi connectivity index (χ3v) is 15.7. The van der Waals surface area contributed by atoms with E-state index in [-0.39, 0.29) is 31.1 Å². The van der Waals surface area contributed by atoms with Crippen molar-refractivity contribution < 1.29 is 28.6 Å². The van der Waals surface area contributed by atoms with E-state index in [1.807, 2.05) is 0 Å². The predicted octanol–water partition coefficient (Wildman–Crippen LogP) is 23.4. The summed E-state index contributed by atoms with van der Waals surface area (Å²) in [4.78, 5) is 38.3. The third-order valence-electron chi connectivity index (χ3n) is 15.7. The Kier molecular flexibility index (Phi) is 63.6. The molecule has 0 aliphatic rings. The van der Waals surface area contributed by atoms with Crippen molar-refractivity contribution in [3.05, 3.63) is 24.3 Å². The van der Waals surface area contributed by atoms with Gasteiger partial charge in [0.1, 0.15) is 13.2 Å². The van der Waals surface area contributed by atoms with Crippen LogP contribution in [0.5, 0.6) is 0 Å². The molecule has 0 saturated carbocycles. The molecule has 0 aliphatic carbocycles. The zero-order valence-corrected chi connectivity index (χ0v) is 51.6. The van der Waals surface area contributed by atoms with Gasteiger partial charge in [0.15, 0.2) is 6.10 Å². The average molecular weight is 1070 g/mol. The molecule has 0 spiro atoms. The van der Waals surface area contributed by atoms with E-state index >= 15 is 0 Å². The molecule has 0 rings (SSSR count). The minimum Gasteiger partial charge on any atom is -0.462 e. The van der Waals surface area contributed by atoms with Gasteiger partial charge in [-0.25, -0.2) is 0 Å². The first-order valence-corrected chi connectivity index (χ1v) is 34.3. The molecule has 448 valence electrons. The average Bonchev–Trinajstić information content (AvgIpc) is 3.42. The van der Waals surface area contributed by atoms with Gasteiger partial charge in [-0.05, 0) is 51.4 Å². The Hall–Kier alpha value is -2.11. The van der Waals surface area contributed by atoms with Gasteiger partial charge >= 0.3 is 17.9 Å². The van der Waals surface area contributed by atoms with E-state index in [0.29, 0.717) is 19.3 Å². The molecule has 0 fully saturated rings. The van der Waals surface area contributed by atoms with Crippen LogP contribution < -0.4 is 0 Å². The van der Waals surface area contributed by atoms with Gasteiger partial charge in [-0.3, -0.25) is 14.4 Å². The normalized spacial score (nSPS) is 12.1. The van der Waals surface area contributed by atoms with Gasteiger partial charge in [-0.15, -0.1) is 0 Å². The molecule has 0 saturated heterocycles. The SMILES string of the molecule is CCCCCC/C=C\C/C=C\CCCCCCCCCC(=O)OC(COC(=O)CCCCCCCCCCCCCC)COC(=O)CCCCCCCCCCCCCCCCCCCCCCCCCCCCCC. The fourth-order valence-electron chi connectivity index (χ4n) is 10.5. The molecule has 1 unspecified atom stereocenters. The molecule has 6 nitrogen and oxygen atoms in total. The summed E-state index contributed by atoms with van der Waals surface area (Å²) in [5.74, 6) is -0.848. The first-order chi connectivity index (χ1) is 37.5. The van der Waals surface area contributed by atoms with Crippen molar-refractivity contribution in [1.82, 2.24) is 0 Å². The van der Waals surface area contributed by atoms with E-state index in [1.165, 1.54) is 276 Å². The van der Waals surface area contributed by atoms with Crippen LogP contribution in [0.4, 0.5) is 0 Å². The molecule has 1 atom stereocenters. The lowest BCUT2D eigenvalue weighted by molar-refractivity contribution is -0.167. The molecule has 0 amide bonds. The van der Waals surface area contributed by atoms with Crippen molar-refractivity contribution in [2.24, 2.45) is 0 Å². The molecule has 76 heavy (non-hydrogen) atoms. The topological polar surface area (TPSA) is 78.9 Å². The molecule has 0 N–H and O–H groups in total. The first-order valence-electron chi connectivity index (χ1n) is 34.3. The van der Waals surface area contributed by atoms with Gasteiger partial charge in [-0.1, -0.05) is 340 Å². The molecule has 6 heteroatoms. The Morgan fingerprint density at radius 1 is 0.263 bits per heavy atom. The Morgan fingerprint density at radius 3 is 0.737 bits per heavy atom. The van der Waals surface area contributed by atoms with Crippen LogP contribution in [0.2, 0.25) is 0 Å². The number of unbranched alkanes of at least 4 members (excludes halogenated alkanes) is 49. The Balaban J connectivity index is 4.16. The summed E-state index contributed by atoms with van der Waals surface area (Å²) < 4.78 is 17.0. The van der Waals surface area contributed by atoms with E-state index in [1.54, 1.807) is 0 Å². The number of rotatable bonds is 64. The van der Waals surface area contributed by atoms with Crippen LogP contribution >= 0.6 is 0 Å². The molecule has 0 aliphatic heterocycles. The third kappa shape index (κ3) is 62.7. The highest BCUT2D eigenvalue weighted by atomic mass is 16.6. The summed E-state index contributed by atoms with van der Waals surface area (Å²) in [7, 11) is 0. The molecule has 0 radical (unpaired) electrons. The molecular weight excluding hydrogens is 937 g/mol. The van der Waals surface area contributed by atoms with Gasteiger partial charge in [0.05, 0.1) is 0 Å². The lowest BCUT2D eigenvalue weighted by atomic mass is 10.0. The van der Waals surface area contributed by atoms with Crippen LogP contribution in [0.25, 0.3) is 0 Å². The Morgan fingerprint density at radius 2 is 0.474 bits per heavy atom. The molecule has 0 aromatic rings. The van der Waals surface area contributed by atoms with E-state index < -0.39 is 6.10 Å². The number of hydrogen-bond donors (Lipinski definition) is 0. The van der Waals surface area contributed by atoms with Crippen molar-refractivity contribution in [1.29, 1.82) is 0 Å². The van der Waals surface area contributed by atoms with Crippen LogP contribution in [0, 0.1) is 0 Å². The number of carbonyl (C=O) groups excluding carboxylic acids is 3.